The van der Waals surface area contributed by atoms with Crippen molar-refractivity contribution < 1.29 is 9.47 Å². The van der Waals surface area contributed by atoms with Gasteiger partial charge in [0.05, 0.1) is 14.2 Å². The van der Waals surface area contributed by atoms with Gasteiger partial charge in [0.15, 0.2) is 17.5 Å². The average Bonchev–Trinajstić information content (AvgIpc) is 3.24. The first-order chi connectivity index (χ1) is 14.7. The quantitative estimate of drug-likeness (QED) is 0.386. The molecule has 8 heteroatoms. The molecule has 0 atom stereocenters. The van der Waals surface area contributed by atoms with E-state index in [1.165, 1.54) is 11.1 Å². The molecular formula is C22H34N6O2. The Morgan fingerprint density at radius 2 is 1.93 bits per heavy atom. The van der Waals surface area contributed by atoms with Crippen molar-refractivity contribution >= 4 is 5.96 Å². The maximum atomic E-state index is 5.50. The first kappa shape index (κ1) is 21.9. The molecule has 0 radical (unpaired) electrons. The number of methoxy groups -OCH3 is 2. The van der Waals surface area contributed by atoms with Crippen LogP contribution in [0.15, 0.2) is 23.5 Å². The van der Waals surface area contributed by atoms with Crippen LogP contribution in [0, 0.1) is 0 Å². The molecule has 0 amide bonds. The number of benzene rings is 1. The van der Waals surface area contributed by atoms with E-state index < -0.39 is 0 Å². The molecule has 30 heavy (non-hydrogen) atoms. The fourth-order valence-corrected chi connectivity index (χ4v) is 3.70. The van der Waals surface area contributed by atoms with Crippen molar-refractivity contribution in [3.8, 4) is 11.5 Å². The predicted octanol–water partition coefficient (Wildman–Crippen LogP) is 2.66. The molecule has 1 aliphatic rings. The van der Waals surface area contributed by atoms with Gasteiger partial charge in [-0.2, -0.15) is 0 Å². The lowest BCUT2D eigenvalue weighted by molar-refractivity contribution is 0.345. The van der Waals surface area contributed by atoms with Crippen molar-refractivity contribution in [2.75, 3.05) is 33.9 Å². The number of hydrogen-bond acceptors (Lipinski definition) is 5. The van der Waals surface area contributed by atoms with Crippen molar-refractivity contribution in [1.82, 2.24) is 25.0 Å². The Hall–Kier alpha value is -2.77. The van der Waals surface area contributed by atoms with Crippen molar-refractivity contribution in [1.29, 1.82) is 0 Å². The molecule has 0 aliphatic carbocycles. The molecule has 164 valence electrons. The maximum Gasteiger partial charge on any atom is 0.194 e. The van der Waals surface area contributed by atoms with E-state index in [1.807, 2.05) is 0 Å². The Morgan fingerprint density at radius 3 is 2.63 bits per heavy atom. The van der Waals surface area contributed by atoms with Gasteiger partial charge in [-0.3, -0.25) is 4.99 Å². The summed E-state index contributed by atoms with van der Waals surface area (Å²) in [5.41, 5.74) is 2.57. The normalized spacial score (nSPS) is 13.9. The topological polar surface area (TPSA) is 76.8 Å². The zero-order valence-electron chi connectivity index (χ0n) is 18.6. The van der Waals surface area contributed by atoms with Crippen LogP contribution in [0.3, 0.4) is 0 Å². The van der Waals surface area contributed by atoms with Crippen molar-refractivity contribution in [3.05, 3.63) is 35.4 Å². The summed E-state index contributed by atoms with van der Waals surface area (Å²) in [6, 6.07) is 4.19. The van der Waals surface area contributed by atoms with E-state index in [2.05, 4.69) is 51.0 Å². The molecule has 2 heterocycles. The molecule has 0 unspecified atom stereocenters. The van der Waals surface area contributed by atoms with Crippen molar-refractivity contribution in [2.24, 2.45) is 4.99 Å². The molecule has 0 saturated carbocycles. The number of guanidine groups is 1. The predicted molar refractivity (Wildman–Crippen MR) is 118 cm³/mol. The van der Waals surface area contributed by atoms with E-state index in [-0.39, 0.29) is 0 Å². The molecule has 2 aromatic rings. The van der Waals surface area contributed by atoms with Gasteiger partial charge in [0, 0.05) is 39.1 Å². The Bertz CT molecular complexity index is 848. The van der Waals surface area contributed by atoms with Crippen LogP contribution < -0.4 is 14.8 Å². The molecule has 0 spiro atoms. The van der Waals surface area contributed by atoms with E-state index in [4.69, 9.17) is 14.5 Å². The Labute approximate surface area is 179 Å². The van der Waals surface area contributed by atoms with Crippen LogP contribution in [0.25, 0.3) is 0 Å². The summed E-state index contributed by atoms with van der Waals surface area (Å²) in [5, 5.41) is 11.7. The van der Waals surface area contributed by atoms with Gasteiger partial charge in [-0.05, 0) is 36.1 Å². The van der Waals surface area contributed by atoms with Gasteiger partial charge in [0.1, 0.15) is 12.2 Å². The highest BCUT2D eigenvalue weighted by atomic mass is 16.5. The van der Waals surface area contributed by atoms with Gasteiger partial charge in [-0.1, -0.05) is 20.3 Å². The van der Waals surface area contributed by atoms with Gasteiger partial charge in [-0.15, -0.1) is 10.2 Å². The van der Waals surface area contributed by atoms with Crippen LogP contribution in [-0.2, 0) is 25.9 Å². The maximum absolute atomic E-state index is 5.50. The highest BCUT2D eigenvalue weighted by Crippen LogP contribution is 2.33. The zero-order chi connectivity index (χ0) is 21.3. The van der Waals surface area contributed by atoms with Crippen molar-refractivity contribution in [2.45, 2.75) is 52.6 Å². The minimum Gasteiger partial charge on any atom is -0.493 e. The second kappa shape index (κ2) is 10.8. The molecule has 0 bridgehead atoms. The van der Waals surface area contributed by atoms with E-state index in [1.54, 1.807) is 20.5 Å². The molecule has 0 fully saturated rings. The van der Waals surface area contributed by atoms with Crippen LogP contribution in [0.1, 0.15) is 43.6 Å². The number of aryl methyl sites for hydroxylation is 1. The Kier molecular flexibility index (Phi) is 7.93. The number of nitrogens with one attached hydrogen (secondary N) is 1. The van der Waals surface area contributed by atoms with E-state index >= 15 is 0 Å². The highest BCUT2D eigenvalue weighted by Gasteiger charge is 2.21. The zero-order valence-corrected chi connectivity index (χ0v) is 18.6. The number of unbranched alkanes of at least 4 members (excludes halogenated alkanes) is 1. The molecule has 8 nitrogen and oxygen atoms in total. The second-order valence-electron chi connectivity index (χ2n) is 7.43. The fourth-order valence-electron chi connectivity index (χ4n) is 3.70. The van der Waals surface area contributed by atoms with Crippen LogP contribution in [0.4, 0.5) is 0 Å². The standard InChI is InChI=1S/C22H34N6O2/c1-5-7-9-23-22(24-10-12-28-16-25-26-21(28)6-2)27-11-8-17-13-19(29-3)20(30-4)14-18(17)15-27/h13-14,16H,5-12,15H2,1-4H3,(H,23,24). The van der Waals surface area contributed by atoms with Crippen molar-refractivity contribution in [3.63, 3.8) is 0 Å². The largest absolute Gasteiger partial charge is 0.493 e. The summed E-state index contributed by atoms with van der Waals surface area (Å²) < 4.78 is 13.1. The van der Waals surface area contributed by atoms with Gasteiger partial charge >= 0.3 is 0 Å². The second-order valence-corrected chi connectivity index (χ2v) is 7.43. The minimum absolute atomic E-state index is 0.773. The summed E-state index contributed by atoms with van der Waals surface area (Å²) in [6.07, 6.45) is 5.86. The first-order valence-corrected chi connectivity index (χ1v) is 10.8. The third-order valence-electron chi connectivity index (χ3n) is 5.44. The van der Waals surface area contributed by atoms with Crippen LogP contribution in [0.5, 0.6) is 11.5 Å². The van der Waals surface area contributed by atoms with Gasteiger partial charge in [0.2, 0.25) is 0 Å². The van der Waals surface area contributed by atoms with Gasteiger partial charge < -0.3 is 24.3 Å². The van der Waals surface area contributed by atoms with Crippen LogP contribution in [-0.4, -0.2) is 59.5 Å². The number of nitrogens with zero attached hydrogens (tertiary/aromatic N) is 5. The molecule has 1 aliphatic heterocycles. The van der Waals surface area contributed by atoms with Gasteiger partial charge in [-0.25, -0.2) is 0 Å². The monoisotopic (exact) mass is 414 g/mol. The summed E-state index contributed by atoms with van der Waals surface area (Å²) in [6.45, 7) is 8.45. The van der Waals surface area contributed by atoms with Crippen LogP contribution >= 0.6 is 0 Å². The van der Waals surface area contributed by atoms with E-state index in [0.29, 0.717) is 0 Å². The molecule has 0 saturated heterocycles. The van der Waals surface area contributed by atoms with Gasteiger partial charge in [0.25, 0.3) is 0 Å². The lowest BCUT2D eigenvalue weighted by Gasteiger charge is -2.32. The molecule has 1 aromatic carbocycles. The first-order valence-electron chi connectivity index (χ1n) is 10.8. The van der Waals surface area contributed by atoms with E-state index in [0.717, 1.165) is 81.7 Å². The lowest BCUT2D eigenvalue weighted by atomic mass is 9.99. The molecule has 1 aromatic heterocycles. The summed E-state index contributed by atoms with van der Waals surface area (Å²) >= 11 is 0. The number of aliphatic imine (C=N–C) groups is 1. The number of ether oxygens (including phenoxy) is 2. The fraction of sp³-hybridized carbons (Fsp3) is 0.591. The Balaban J connectivity index is 1.70. The van der Waals surface area contributed by atoms with E-state index in [9.17, 15) is 0 Å². The highest BCUT2D eigenvalue weighted by molar-refractivity contribution is 5.80. The molecule has 1 N–H and O–H groups in total. The number of aromatic nitrogens is 3. The minimum atomic E-state index is 0.773. The third-order valence-corrected chi connectivity index (χ3v) is 5.44. The number of rotatable bonds is 9. The SMILES string of the molecule is CCCCN=C(NCCn1cnnc1CC)N1CCc2cc(OC)c(OC)cc2C1. The molecular weight excluding hydrogens is 380 g/mol. The smallest absolute Gasteiger partial charge is 0.194 e. The number of fused-ring (bicyclic) bond motifs is 1. The third kappa shape index (κ3) is 5.23. The van der Waals surface area contributed by atoms with Crippen LogP contribution in [0.2, 0.25) is 0 Å². The number of hydrogen-bond donors (Lipinski definition) is 1. The molecule has 3 rings (SSSR count). The summed E-state index contributed by atoms with van der Waals surface area (Å²) in [4.78, 5) is 7.21. The summed E-state index contributed by atoms with van der Waals surface area (Å²) in [5.74, 6) is 3.54. The summed E-state index contributed by atoms with van der Waals surface area (Å²) in [7, 11) is 3.36. The lowest BCUT2D eigenvalue weighted by Crippen LogP contribution is -2.45. The average molecular weight is 415 g/mol. The Morgan fingerprint density at radius 1 is 1.17 bits per heavy atom.